The molecule has 1 N–H and O–H groups in total. The number of carbonyl (C=O) groups excluding carboxylic acids is 3. The molecular formula is C25H27N3O5. The number of hydrogen-bond donors (Lipinski definition) is 1. The van der Waals surface area contributed by atoms with Gasteiger partial charge in [-0.05, 0) is 32.0 Å². The molecule has 0 bridgehead atoms. The lowest BCUT2D eigenvalue weighted by Crippen LogP contribution is -2.42. The number of para-hydroxylation sites is 3. The van der Waals surface area contributed by atoms with Crippen LogP contribution in [0.5, 0.6) is 11.5 Å². The van der Waals surface area contributed by atoms with E-state index in [2.05, 4.69) is 5.32 Å². The topological polar surface area (TPSA) is 89.9 Å². The number of likely N-dealkylation sites (N-methyl/N-ethyl adjacent to an activating group) is 1. The Morgan fingerprint density at radius 2 is 1.73 bits per heavy atom. The minimum atomic E-state index is -0.726. The zero-order valence-corrected chi connectivity index (χ0v) is 18.7. The predicted octanol–water partition coefficient (Wildman–Crippen LogP) is 2.65. The first-order valence-electron chi connectivity index (χ1n) is 11.1. The molecule has 0 aliphatic carbocycles. The molecule has 2 heterocycles. The van der Waals surface area contributed by atoms with Crippen molar-refractivity contribution in [1.29, 1.82) is 0 Å². The number of nitrogens with zero attached hydrogens (tertiary/aromatic N) is 2. The molecule has 172 valence electrons. The van der Waals surface area contributed by atoms with Crippen LogP contribution in [-0.4, -0.2) is 59.4 Å². The Hall–Kier alpha value is -3.81. The Morgan fingerprint density at radius 1 is 1.03 bits per heavy atom. The van der Waals surface area contributed by atoms with E-state index >= 15 is 0 Å². The van der Waals surface area contributed by atoms with Crippen molar-refractivity contribution in [2.75, 3.05) is 26.2 Å². The summed E-state index contributed by atoms with van der Waals surface area (Å²) in [6.45, 7) is 5.59. The highest BCUT2D eigenvalue weighted by Gasteiger charge is 2.25. The molecule has 0 radical (unpaired) electrons. The summed E-state index contributed by atoms with van der Waals surface area (Å²) >= 11 is 0. The van der Waals surface area contributed by atoms with E-state index in [1.54, 1.807) is 33.9 Å². The number of hydrogen-bond acceptors (Lipinski definition) is 5. The number of rotatable bonds is 8. The zero-order valence-electron chi connectivity index (χ0n) is 18.7. The van der Waals surface area contributed by atoms with Gasteiger partial charge in [0.1, 0.15) is 19.3 Å². The van der Waals surface area contributed by atoms with Crippen LogP contribution in [-0.2, 0) is 16.1 Å². The highest BCUT2D eigenvalue weighted by molar-refractivity contribution is 6.45. The van der Waals surface area contributed by atoms with Gasteiger partial charge in [-0.15, -0.1) is 0 Å². The normalized spacial score (nSPS) is 14.7. The molecule has 2 aromatic carbocycles. The first kappa shape index (κ1) is 22.4. The quantitative estimate of drug-likeness (QED) is 0.422. The minimum Gasteiger partial charge on any atom is -0.486 e. The number of ketones is 1. The van der Waals surface area contributed by atoms with Gasteiger partial charge >= 0.3 is 0 Å². The predicted molar refractivity (Wildman–Crippen MR) is 124 cm³/mol. The zero-order chi connectivity index (χ0) is 23.4. The van der Waals surface area contributed by atoms with Crippen molar-refractivity contribution in [3.05, 3.63) is 60.3 Å². The second kappa shape index (κ2) is 9.77. The Kier molecular flexibility index (Phi) is 6.63. The van der Waals surface area contributed by atoms with Gasteiger partial charge in [-0.3, -0.25) is 14.4 Å². The van der Waals surface area contributed by atoms with Gasteiger partial charge in [-0.25, -0.2) is 0 Å². The van der Waals surface area contributed by atoms with Crippen LogP contribution in [0.2, 0.25) is 0 Å². The van der Waals surface area contributed by atoms with Crippen molar-refractivity contribution in [2.24, 2.45) is 0 Å². The lowest BCUT2D eigenvalue weighted by atomic mass is 10.1. The van der Waals surface area contributed by atoms with E-state index in [9.17, 15) is 14.4 Å². The maximum atomic E-state index is 13.0. The molecule has 2 amide bonds. The van der Waals surface area contributed by atoms with Crippen LogP contribution in [0.3, 0.4) is 0 Å². The van der Waals surface area contributed by atoms with Crippen molar-refractivity contribution in [1.82, 2.24) is 14.8 Å². The van der Waals surface area contributed by atoms with E-state index in [0.29, 0.717) is 30.0 Å². The van der Waals surface area contributed by atoms with Crippen LogP contribution in [0.4, 0.5) is 0 Å². The highest BCUT2D eigenvalue weighted by Crippen LogP contribution is 2.30. The summed E-state index contributed by atoms with van der Waals surface area (Å²) in [5.74, 6) is -0.162. The van der Waals surface area contributed by atoms with Crippen molar-refractivity contribution >= 4 is 28.5 Å². The molecule has 1 atom stereocenters. The fourth-order valence-corrected chi connectivity index (χ4v) is 3.95. The van der Waals surface area contributed by atoms with Crippen molar-refractivity contribution in [2.45, 2.75) is 26.5 Å². The first-order chi connectivity index (χ1) is 16.0. The second-order valence-electron chi connectivity index (χ2n) is 7.79. The largest absolute Gasteiger partial charge is 0.486 e. The number of fused-ring (bicyclic) bond motifs is 2. The standard InChI is InChI=1S/C25H27N3O5/c1-3-27(4-2)23(29)15-28-14-19(18-9-5-6-10-20(18)28)24(30)25(31)26-13-17-16-32-21-11-7-8-12-22(21)33-17/h5-12,14,17H,3-4,13,15-16H2,1-2H3,(H,26,31)/t17-/m1/s1. The Bertz CT molecular complexity index is 1180. The van der Waals surface area contributed by atoms with Gasteiger partial charge in [0, 0.05) is 30.2 Å². The lowest BCUT2D eigenvalue weighted by molar-refractivity contribution is -0.131. The lowest BCUT2D eigenvalue weighted by Gasteiger charge is -2.26. The van der Waals surface area contributed by atoms with Crippen LogP contribution in [0.1, 0.15) is 24.2 Å². The fraction of sp³-hybridized carbons (Fsp3) is 0.320. The van der Waals surface area contributed by atoms with Crippen molar-refractivity contribution < 1.29 is 23.9 Å². The van der Waals surface area contributed by atoms with E-state index < -0.39 is 17.8 Å². The summed E-state index contributed by atoms with van der Waals surface area (Å²) in [4.78, 5) is 40.0. The maximum absolute atomic E-state index is 13.0. The smallest absolute Gasteiger partial charge is 0.292 e. The molecule has 1 aliphatic rings. The second-order valence-corrected chi connectivity index (χ2v) is 7.79. The van der Waals surface area contributed by atoms with E-state index in [1.807, 2.05) is 44.2 Å². The minimum absolute atomic E-state index is 0.0427. The number of carbonyl (C=O) groups is 3. The Morgan fingerprint density at radius 3 is 2.48 bits per heavy atom. The molecule has 0 saturated carbocycles. The molecule has 1 aliphatic heterocycles. The summed E-state index contributed by atoms with van der Waals surface area (Å²) in [6.07, 6.45) is 1.19. The van der Waals surface area contributed by atoms with Gasteiger partial charge in [0.25, 0.3) is 11.7 Å². The van der Waals surface area contributed by atoms with Crippen molar-refractivity contribution in [3.8, 4) is 11.5 Å². The summed E-state index contributed by atoms with van der Waals surface area (Å²) in [6, 6.07) is 14.6. The summed E-state index contributed by atoms with van der Waals surface area (Å²) in [7, 11) is 0. The molecule has 4 rings (SSSR count). The number of amides is 2. The highest BCUT2D eigenvalue weighted by atomic mass is 16.6. The molecule has 0 spiro atoms. The number of nitrogens with one attached hydrogen (secondary N) is 1. The Labute approximate surface area is 192 Å². The number of aromatic nitrogens is 1. The maximum Gasteiger partial charge on any atom is 0.292 e. The van der Waals surface area contributed by atoms with Crippen LogP contribution in [0, 0.1) is 0 Å². The van der Waals surface area contributed by atoms with E-state index in [4.69, 9.17) is 9.47 Å². The number of Topliss-reactive ketones (excluding diaryl/α,β-unsaturated/α-hetero) is 1. The van der Waals surface area contributed by atoms with Gasteiger partial charge in [0.2, 0.25) is 5.91 Å². The van der Waals surface area contributed by atoms with Crippen LogP contribution in [0.25, 0.3) is 10.9 Å². The molecule has 0 fully saturated rings. The third-order valence-electron chi connectivity index (χ3n) is 5.72. The molecule has 3 aromatic rings. The molecule has 8 heteroatoms. The molecule has 1 aromatic heterocycles. The third kappa shape index (κ3) is 4.69. The van der Waals surface area contributed by atoms with Gasteiger partial charge in [0.05, 0.1) is 12.1 Å². The summed E-state index contributed by atoms with van der Waals surface area (Å²) in [5.41, 5.74) is 0.997. The van der Waals surface area contributed by atoms with Gasteiger partial charge in [-0.1, -0.05) is 30.3 Å². The first-order valence-corrected chi connectivity index (χ1v) is 11.1. The number of benzene rings is 2. The SMILES string of the molecule is CCN(CC)C(=O)Cn1cc(C(=O)C(=O)NC[C@@H]2COc3ccccc3O2)c2ccccc21. The van der Waals surface area contributed by atoms with Crippen LogP contribution >= 0.6 is 0 Å². The molecular weight excluding hydrogens is 422 g/mol. The molecule has 0 saturated heterocycles. The van der Waals surface area contributed by atoms with E-state index in [-0.39, 0.29) is 31.2 Å². The van der Waals surface area contributed by atoms with Gasteiger partial charge in [0.15, 0.2) is 11.5 Å². The summed E-state index contributed by atoms with van der Waals surface area (Å²) in [5, 5.41) is 3.29. The summed E-state index contributed by atoms with van der Waals surface area (Å²) < 4.78 is 13.2. The number of ether oxygens (including phenoxy) is 2. The van der Waals surface area contributed by atoms with Gasteiger partial charge < -0.3 is 24.3 Å². The molecule has 8 nitrogen and oxygen atoms in total. The van der Waals surface area contributed by atoms with Crippen LogP contribution < -0.4 is 14.8 Å². The van der Waals surface area contributed by atoms with E-state index in [1.165, 1.54) is 0 Å². The van der Waals surface area contributed by atoms with Crippen molar-refractivity contribution in [3.63, 3.8) is 0 Å². The van der Waals surface area contributed by atoms with Gasteiger partial charge in [-0.2, -0.15) is 0 Å². The molecule has 0 unspecified atom stereocenters. The average Bonchev–Trinajstić information content (AvgIpc) is 3.21. The van der Waals surface area contributed by atoms with Crippen LogP contribution in [0.15, 0.2) is 54.7 Å². The molecule has 33 heavy (non-hydrogen) atoms. The Balaban J connectivity index is 1.46. The monoisotopic (exact) mass is 449 g/mol. The fourth-order valence-electron chi connectivity index (χ4n) is 3.95. The third-order valence-corrected chi connectivity index (χ3v) is 5.72. The van der Waals surface area contributed by atoms with E-state index in [0.717, 1.165) is 5.52 Å². The average molecular weight is 450 g/mol.